The van der Waals surface area contributed by atoms with Gasteiger partial charge in [-0.1, -0.05) is 0 Å². The molecule has 0 aliphatic carbocycles. The molecule has 0 saturated carbocycles. The molecule has 10 heavy (non-hydrogen) atoms. The van der Waals surface area contributed by atoms with Crippen LogP contribution in [0, 0.1) is 7.05 Å². The third-order valence-corrected chi connectivity index (χ3v) is 1.36. The van der Waals surface area contributed by atoms with E-state index in [0.717, 1.165) is 26.2 Å². The molecule has 0 spiro atoms. The molecule has 61 valence electrons. The van der Waals surface area contributed by atoms with Crippen molar-refractivity contribution in [2.45, 2.75) is 0 Å². The van der Waals surface area contributed by atoms with Crippen molar-refractivity contribution < 1.29 is 0 Å². The zero-order chi connectivity index (χ0) is 7.82. The first-order chi connectivity index (χ1) is 4.81. The van der Waals surface area contributed by atoms with E-state index < -0.39 is 0 Å². The van der Waals surface area contributed by atoms with Crippen LogP contribution in [0.15, 0.2) is 0 Å². The highest BCUT2D eigenvalue weighted by molar-refractivity contribution is 4.57. The van der Waals surface area contributed by atoms with E-state index >= 15 is 0 Å². The van der Waals surface area contributed by atoms with Crippen LogP contribution >= 0.6 is 0 Å². The fourth-order valence-electron chi connectivity index (χ4n) is 0.652. The molecule has 0 rings (SSSR count). The van der Waals surface area contributed by atoms with Gasteiger partial charge in [-0.15, -0.1) is 0 Å². The molecule has 0 atom stereocenters. The van der Waals surface area contributed by atoms with E-state index in [4.69, 9.17) is 0 Å². The van der Waals surface area contributed by atoms with Crippen LogP contribution < -0.4 is 10.6 Å². The smallest absolute Gasteiger partial charge is 0.0110 e. The van der Waals surface area contributed by atoms with E-state index in [2.05, 4.69) is 17.7 Å². The van der Waals surface area contributed by atoms with Crippen LogP contribution in [-0.2, 0) is 0 Å². The van der Waals surface area contributed by atoms with Gasteiger partial charge in [0.05, 0.1) is 0 Å². The van der Waals surface area contributed by atoms with Crippen LogP contribution in [0.3, 0.4) is 0 Å². The topological polar surface area (TPSA) is 27.3 Å². The molecule has 0 fully saturated rings. The lowest BCUT2D eigenvalue weighted by Gasteiger charge is -2.14. The van der Waals surface area contributed by atoms with Crippen molar-refractivity contribution in [1.29, 1.82) is 0 Å². The average Bonchev–Trinajstić information content (AvgIpc) is 1.97. The van der Waals surface area contributed by atoms with Gasteiger partial charge in [-0.05, 0) is 14.1 Å². The Labute approximate surface area is 63.8 Å². The predicted octanol–water partition coefficient (Wildman–Crippen LogP) is -0.481. The van der Waals surface area contributed by atoms with Crippen LogP contribution in [0.5, 0.6) is 0 Å². The summed E-state index contributed by atoms with van der Waals surface area (Å²) in [5, 5.41) is 6.15. The highest BCUT2D eigenvalue weighted by atomic mass is 15.1. The van der Waals surface area contributed by atoms with E-state index in [0.29, 0.717) is 0 Å². The molecule has 0 aromatic carbocycles. The van der Waals surface area contributed by atoms with Crippen molar-refractivity contribution in [2.24, 2.45) is 0 Å². The van der Waals surface area contributed by atoms with Crippen LogP contribution in [0.25, 0.3) is 0 Å². The van der Waals surface area contributed by atoms with Gasteiger partial charge in [-0.3, -0.25) is 4.90 Å². The maximum absolute atomic E-state index is 3.87. The van der Waals surface area contributed by atoms with Crippen molar-refractivity contribution in [3.05, 3.63) is 7.05 Å². The molecule has 3 heteroatoms. The molecule has 0 unspecified atom stereocenters. The Hall–Kier alpha value is -0.120. The molecule has 0 saturated heterocycles. The van der Waals surface area contributed by atoms with Crippen molar-refractivity contribution >= 4 is 0 Å². The van der Waals surface area contributed by atoms with Gasteiger partial charge in [0.1, 0.15) is 0 Å². The minimum atomic E-state index is 1.01. The lowest BCUT2D eigenvalue weighted by molar-refractivity contribution is 0.370. The normalized spacial score (nSPS) is 10.8. The second-order valence-corrected chi connectivity index (χ2v) is 2.33. The Morgan fingerprint density at radius 2 is 1.50 bits per heavy atom. The largest absolute Gasteiger partial charge is 0.318 e. The summed E-state index contributed by atoms with van der Waals surface area (Å²) in [5.41, 5.74) is 0. The molecule has 1 radical (unpaired) electrons. The summed E-state index contributed by atoms with van der Waals surface area (Å²) in [6.07, 6.45) is 0. The SMILES string of the molecule is [CH2]N(CCNC)CCNC. The van der Waals surface area contributed by atoms with E-state index in [1.54, 1.807) is 0 Å². The Kier molecular flexibility index (Phi) is 6.91. The molecule has 0 heterocycles. The molecule has 3 nitrogen and oxygen atoms in total. The van der Waals surface area contributed by atoms with Gasteiger partial charge in [0.2, 0.25) is 0 Å². The van der Waals surface area contributed by atoms with Crippen LogP contribution in [0.4, 0.5) is 0 Å². The zero-order valence-corrected chi connectivity index (χ0v) is 6.98. The third-order valence-electron chi connectivity index (χ3n) is 1.36. The van der Waals surface area contributed by atoms with Gasteiger partial charge in [-0.2, -0.15) is 0 Å². The first-order valence-electron chi connectivity index (χ1n) is 3.66. The quantitative estimate of drug-likeness (QED) is 0.527. The number of hydrogen-bond acceptors (Lipinski definition) is 3. The van der Waals surface area contributed by atoms with E-state index in [1.807, 2.05) is 19.0 Å². The first kappa shape index (κ1) is 9.88. The van der Waals surface area contributed by atoms with Crippen LogP contribution in [0.1, 0.15) is 0 Å². The molecule has 0 aromatic heterocycles. The van der Waals surface area contributed by atoms with Gasteiger partial charge in [0.25, 0.3) is 0 Å². The van der Waals surface area contributed by atoms with Gasteiger partial charge in [-0.25, -0.2) is 0 Å². The lowest BCUT2D eigenvalue weighted by Crippen LogP contribution is -2.30. The van der Waals surface area contributed by atoms with Crippen molar-refractivity contribution in [2.75, 3.05) is 40.3 Å². The Balaban J connectivity index is 3.00. The Morgan fingerprint density at radius 1 is 1.10 bits per heavy atom. The van der Waals surface area contributed by atoms with Gasteiger partial charge < -0.3 is 10.6 Å². The monoisotopic (exact) mass is 144 g/mol. The predicted molar refractivity (Wildman–Crippen MR) is 44.8 cm³/mol. The fraction of sp³-hybridized carbons (Fsp3) is 0.857. The molecule has 0 amide bonds. The summed E-state index contributed by atoms with van der Waals surface area (Å²) in [4.78, 5) is 2.05. The van der Waals surface area contributed by atoms with E-state index in [1.165, 1.54) is 0 Å². The zero-order valence-electron chi connectivity index (χ0n) is 6.98. The summed E-state index contributed by atoms with van der Waals surface area (Å²) in [6.45, 7) is 4.04. The van der Waals surface area contributed by atoms with Gasteiger partial charge >= 0.3 is 0 Å². The van der Waals surface area contributed by atoms with Crippen molar-refractivity contribution in [3.63, 3.8) is 0 Å². The first-order valence-corrected chi connectivity index (χ1v) is 3.66. The number of nitrogens with zero attached hydrogens (tertiary/aromatic N) is 1. The number of rotatable bonds is 6. The minimum Gasteiger partial charge on any atom is -0.318 e. The molecule has 0 bridgehead atoms. The number of nitrogens with one attached hydrogen (secondary N) is 2. The molecule has 2 N–H and O–H groups in total. The minimum absolute atomic E-state index is 1.01. The second-order valence-electron chi connectivity index (χ2n) is 2.33. The maximum atomic E-state index is 3.87. The fourth-order valence-corrected chi connectivity index (χ4v) is 0.652. The molecular formula is C7H18N3. The second kappa shape index (κ2) is 6.99. The number of hydrogen-bond donors (Lipinski definition) is 2. The van der Waals surface area contributed by atoms with Crippen molar-refractivity contribution in [3.8, 4) is 0 Å². The molecular weight excluding hydrogens is 126 g/mol. The highest BCUT2D eigenvalue weighted by Crippen LogP contribution is 1.79. The van der Waals surface area contributed by atoms with Crippen LogP contribution in [0.2, 0.25) is 0 Å². The number of likely N-dealkylation sites (N-methyl/N-ethyl adjacent to an activating group) is 2. The third kappa shape index (κ3) is 6.01. The lowest BCUT2D eigenvalue weighted by atomic mass is 10.5. The summed E-state index contributed by atoms with van der Waals surface area (Å²) in [6, 6.07) is 0. The molecule has 0 aliphatic rings. The maximum Gasteiger partial charge on any atom is 0.0110 e. The van der Waals surface area contributed by atoms with Crippen molar-refractivity contribution in [1.82, 2.24) is 15.5 Å². The summed E-state index contributed by atoms with van der Waals surface area (Å²) >= 11 is 0. The Morgan fingerprint density at radius 3 is 1.80 bits per heavy atom. The summed E-state index contributed by atoms with van der Waals surface area (Å²) in [5.74, 6) is 0. The van der Waals surface area contributed by atoms with Crippen LogP contribution in [-0.4, -0.2) is 45.2 Å². The van der Waals surface area contributed by atoms with Gasteiger partial charge in [0.15, 0.2) is 0 Å². The summed E-state index contributed by atoms with van der Waals surface area (Å²) in [7, 11) is 7.77. The summed E-state index contributed by atoms with van der Waals surface area (Å²) < 4.78 is 0. The molecule has 0 aliphatic heterocycles. The highest BCUT2D eigenvalue weighted by Gasteiger charge is 1.93. The van der Waals surface area contributed by atoms with E-state index in [-0.39, 0.29) is 0 Å². The van der Waals surface area contributed by atoms with Gasteiger partial charge in [0, 0.05) is 33.2 Å². The standard InChI is InChI=1S/C7H18N3/c1-8-4-6-10(3)7-5-9-2/h8-9H,3-7H2,1-2H3. The Bertz CT molecular complexity index is 57.9. The average molecular weight is 144 g/mol. The molecule has 0 aromatic rings. The van der Waals surface area contributed by atoms with E-state index in [9.17, 15) is 0 Å².